The molecule has 34 heavy (non-hydrogen) atoms. The highest BCUT2D eigenvalue weighted by atomic mass is 19.1. The summed E-state index contributed by atoms with van der Waals surface area (Å²) < 4.78 is 19.3. The Kier molecular flexibility index (Phi) is 7.41. The average molecular weight is 466 g/mol. The number of piperidine rings is 1. The number of rotatable bonds is 6. The highest BCUT2D eigenvalue weighted by Crippen LogP contribution is 2.34. The van der Waals surface area contributed by atoms with Crippen LogP contribution in [0, 0.1) is 19.7 Å². The molecule has 0 aromatic heterocycles. The van der Waals surface area contributed by atoms with Crippen LogP contribution in [0.15, 0.2) is 47.6 Å². The van der Waals surface area contributed by atoms with Gasteiger partial charge in [-0.25, -0.2) is 9.40 Å². The number of ether oxygens (including phenoxy) is 1. The molecule has 2 aliphatic rings. The lowest BCUT2D eigenvalue weighted by molar-refractivity contribution is -0.152. The minimum absolute atomic E-state index is 0.0685. The van der Waals surface area contributed by atoms with E-state index in [1.807, 2.05) is 30.0 Å². The molecule has 0 unspecified atom stereocenters. The topological polar surface area (TPSA) is 62.2 Å². The number of hydrogen-bond acceptors (Lipinski definition) is 5. The second-order valence-electron chi connectivity index (χ2n) is 9.09. The molecule has 1 fully saturated rings. The minimum Gasteiger partial charge on any atom is -0.465 e. The van der Waals surface area contributed by atoms with Crippen LogP contribution in [-0.2, 0) is 14.3 Å². The van der Waals surface area contributed by atoms with Crippen LogP contribution in [0.2, 0.25) is 0 Å². The molecule has 0 aliphatic carbocycles. The number of likely N-dealkylation sites (tertiary alicyclic amines) is 1. The second-order valence-corrected chi connectivity index (χ2v) is 9.09. The largest absolute Gasteiger partial charge is 0.465 e. The third kappa shape index (κ3) is 5.20. The van der Waals surface area contributed by atoms with Crippen LogP contribution in [0.4, 0.5) is 4.39 Å². The van der Waals surface area contributed by atoms with E-state index < -0.39 is 12.1 Å². The molecule has 6 nitrogen and oxygen atoms in total. The maximum atomic E-state index is 14.1. The van der Waals surface area contributed by atoms with Crippen molar-refractivity contribution in [3.8, 4) is 0 Å². The number of esters is 1. The van der Waals surface area contributed by atoms with Crippen LogP contribution in [0.25, 0.3) is 0 Å². The summed E-state index contributed by atoms with van der Waals surface area (Å²) in [5.41, 5.74) is 4.80. The maximum Gasteiger partial charge on any atom is 0.323 e. The van der Waals surface area contributed by atoms with Crippen LogP contribution >= 0.6 is 0 Å². The first-order valence-electron chi connectivity index (χ1n) is 12.0. The Morgan fingerprint density at radius 1 is 1.12 bits per heavy atom. The molecule has 0 N–H and O–H groups in total. The molecule has 1 amide bonds. The lowest BCUT2D eigenvalue weighted by Crippen LogP contribution is -2.49. The number of aryl methyl sites for hydroxylation is 2. The van der Waals surface area contributed by atoms with Crippen molar-refractivity contribution in [2.75, 3.05) is 19.7 Å². The van der Waals surface area contributed by atoms with E-state index in [-0.39, 0.29) is 24.2 Å². The Balaban J connectivity index is 1.61. The van der Waals surface area contributed by atoms with Gasteiger partial charge in [0.05, 0.1) is 24.9 Å². The van der Waals surface area contributed by atoms with Crippen LogP contribution in [0.1, 0.15) is 60.9 Å². The van der Waals surface area contributed by atoms with E-state index in [1.54, 1.807) is 13.0 Å². The second kappa shape index (κ2) is 10.5. The Labute approximate surface area is 200 Å². The molecule has 2 aromatic carbocycles. The van der Waals surface area contributed by atoms with Gasteiger partial charge in [0.25, 0.3) is 5.91 Å². The first-order chi connectivity index (χ1) is 16.4. The fourth-order valence-electron chi connectivity index (χ4n) is 4.74. The smallest absolute Gasteiger partial charge is 0.323 e. The lowest BCUT2D eigenvalue weighted by Gasteiger charge is -2.34. The fourth-order valence-corrected chi connectivity index (χ4v) is 4.74. The summed E-state index contributed by atoms with van der Waals surface area (Å²) in [4.78, 5) is 27.9. The zero-order valence-electron chi connectivity index (χ0n) is 20.1. The van der Waals surface area contributed by atoms with Crippen molar-refractivity contribution < 1.29 is 18.7 Å². The van der Waals surface area contributed by atoms with Gasteiger partial charge in [0.15, 0.2) is 0 Å². The summed E-state index contributed by atoms with van der Waals surface area (Å²) in [6.07, 6.45) is 3.03. The summed E-state index contributed by atoms with van der Waals surface area (Å²) in [5.74, 6) is -0.829. The molecule has 0 radical (unpaired) electrons. The number of carbonyl (C=O) groups excluding carboxylic acids is 2. The number of halogens is 1. The van der Waals surface area contributed by atoms with E-state index in [0.29, 0.717) is 31.6 Å². The van der Waals surface area contributed by atoms with Crippen LogP contribution in [-0.4, -0.2) is 53.2 Å². The summed E-state index contributed by atoms with van der Waals surface area (Å²) in [6, 6.07) is 11.7. The molecule has 2 heterocycles. The molecule has 180 valence electrons. The van der Waals surface area contributed by atoms with Gasteiger partial charge in [0, 0.05) is 6.42 Å². The standard InChI is InChI=1S/C27H32FN3O3/c1-4-34-27(33)24-10-5-6-13-30(24)17-26(32)31-25(21-8-7-9-22(28)15-21)16-23(29-31)20-12-11-18(2)19(3)14-20/h7-9,11-12,14-15,24-25H,4-6,10,13,16-17H2,1-3H3/t24-,25+/m0/s1. The van der Waals surface area contributed by atoms with E-state index in [0.717, 1.165) is 29.7 Å². The van der Waals surface area contributed by atoms with Gasteiger partial charge in [-0.15, -0.1) is 0 Å². The van der Waals surface area contributed by atoms with Gasteiger partial charge in [-0.05, 0) is 80.6 Å². The van der Waals surface area contributed by atoms with Crippen molar-refractivity contribution in [2.45, 2.75) is 58.5 Å². The third-order valence-corrected chi connectivity index (χ3v) is 6.75. The van der Waals surface area contributed by atoms with Crippen LogP contribution in [0.5, 0.6) is 0 Å². The maximum absolute atomic E-state index is 14.1. The predicted molar refractivity (Wildman–Crippen MR) is 129 cm³/mol. The Morgan fingerprint density at radius 3 is 2.68 bits per heavy atom. The van der Waals surface area contributed by atoms with Crippen molar-refractivity contribution in [3.63, 3.8) is 0 Å². The minimum atomic E-state index is -0.420. The van der Waals surface area contributed by atoms with Gasteiger partial charge >= 0.3 is 5.97 Å². The van der Waals surface area contributed by atoms with E-state index in [9.17, 15) is 14.0 Å². The van der Waals surface area contributed by atoms with Crippen molar-refractivity contribution in [1.82, 2.24) is 9.91 Å². The summed E-state index contributed by atoms with van der Waals surface area (Å²) in [6.45, 7) is 6.93. The average Bonchev–Trinajstić information content (AvgIpc) is 3.27. The number of benzene rings is 2. The van der Waals surface area contributed by atoms with E-state index in [2.05, 4.69) is 13.0 Å². The van der Waals surface area contributed by atoms with Crippen molar-refractivity contribution in [2.24, 2.45) is 5.10 Å². The number of nitrogens with zero attached hydrogens (tertiary/aromatic N) is 3. The van der Waals surface area contributed by atoms with Crippen molar-refractivity contribution in [1.29, 1.82) is 0 Å². The zero-order valence-corrected chi connectivity index (χ0v) is 20.1. The lowest BCUT2D eigenvalue weighted by atomic mass is 9.96. The molecule has 2 aliphatic heterocycles. The van der Waals surface area contributed by atoms with Gasteiger partial charge in [0.2, 0.25) is 0 Å². The third-order valence-electron chi connectivity index (χ3n) is 6.75. The molecule has 2 aromatic rings. The van der Waals surface area contributed by atoms with Gasteiger partial charge < -0.3 is 4.74 Å². The summed E-state index contributed by atoms with van der Waals surface area (Å²) in [5, 5.41) is 6.21. The first kappa shape index (κ1) is 24.1. The normalized spacial score (nSPS) is 20.8. The Bertz CT molecular complexity index is 1100. The molecular weight excluding hydrogens is 433 g/mol. The first-order valence-corrected chi connectivity index (χ1v) is 12.0. The molecule has 7 heteroatoms. The predicted octanol–water partition coefficient (Wildman–Crippen LogP) is 4.54. The molecular formula is C27H32FN3O3. The molecule has 0 bridgehead atoms. The number of carbonyl (C=O) groups is 2. The van der Waals surface area contributed by atoms with E-state index in [4.69, 9.17) is 9.84 Å². The van der Waals surface area contributed by atoms with Crippen molar-refractivity contribution in [3.05, 3.63) is 70.5 Å². The molecule has 4 rings (SSSR count). The summed E-state index contributed by atoms with van der Waals surface area (Å²) in [7, 11) is 0. The van der Waals surface area contributed by atoms with Crippen LogP contribution in [0.3, 0.4) is 0 Å². The van der Waals surface area contributed by atoms with Crippen LogP contribution < -0.4 is 0 Å². The molecule has 0 spiro atoms. The number of hydrazone groups is 1. The monoisotopic (exact) mass is 465 g/mol. The highest BCUT2D eigenvalue weighted by Gasteiger charge is 2.37. The van der Waals surface area contributed by atoms with Gasteiger partial charge in [-0.2, -0.15) is 5.10 Å². The zero-order chi connectivity index (χ0) is 24.2. The number of amides is 1. The van der Waals surface area contributed by atoms with Gasteiger partial charge in [-0.3, -0.25) is 14.5 Å². The van der Waals surface area contributed by atoms with E-state index in [1.165, 1.54) is 22.7 Å². The summed E-state index contributed by atoms with van der Waals surface area (Å²) >= 11 is 0. The fraction of sp³-hybridized carbons (Fsp3) is 0.444. The molecule has 2 atom stereocenters. The van der Waals surface area contributed by atoms with Gasteiger partial charge in [0.1, 0.15) is 11.9 Å². The molecule has 0 saturated carbocycles. The van der Waals surface area contributed by atoms with Crippen molar-refractivity contribution >= 4 is 17.6 Å². The molecule has 1 saturated heterocycles. The number of hydrogen-bond donors (Lipinski definition) is 0. The Morgan fingerprint density at radius 2 is 1.94 bits per heavy atom. The quantitative estimate of drug-likeness (QED) is 0.588. The highest BCUT2D eigenvalue weighted by molar-refractivity contribution is 6.03. The SMILES string of the molecule is CCOC(=O)[C@@H]1CCCCN1CC(=O)N1N=C(c2ccc(C)c(C)c2)C[C@@H]1c1cccc(F)c1. The van der Waals surface area contributed by atoms with E-state index >= 15 is 0 Å². The van der Waals surface area contributed by atoms with Gasteiger partial charge in [-0.1, -0.05) is 30.7 Å². The Hall–Kier alpha value is -3.06.